The molecule has 1 nitrogen and oxygen atoms in total. The molecule has 4 aliphatic carbocycles. The number of hydrogen-bond acceptors (Lipinski definition) is 1. The Bertz CT molecular complexity index is 520. The van der Waals surface area contributed by atoms with Gasteiger partial charge in [-0.05, 0) is 55.1 Å². The molecule has 0 aromatic rings. The first kappa shape index (κ1) is 11.7. The zero-order chi connectivity index (χ0) is 12.9. The molecule has 0 aromatic carbocycles. The summed E-state index contributed by atoms with van der Waals surface area (Å²) in [5.41, 5.74) is 4.58. The van der Waals surface area contributed by atoms with Crippen LogP contribution in [0.5, 0.6) is 0 Å². The average molecular weight is 254 g/mol. The normalized spacial score (nSPS) is 39.7. The Balaban J connectivity index is 1.75. The Morgan fingerprint density at radius 2 is 2.05 bits per heavy atom. The van der Waals surface area contributed by atoms with Crippen molar-refractivity contribution >= 4 is 0 Å². The Hall–Kier alpha value is -1.08. The van der Waals surface area contributed by atoms with Gasteiger partial charge in [-0.1, -0.05) is 42.4 Å². The van der Waals surface area contributed by atoms with Gasteiger partial charge in [-0.2, -0.15) is 0 Å². The molecule has 0 amide bonds. The Kier molecular flexibility index (Phi) is 2.60. The highest BCUT2D eigenvalue weighted by Crippen LogP contribution is 2.55. The van der Waals surface area contributed by atoms with E-state index in [-0.39, 0.29) is 12.0 Å². The largest absolute Gasteiger partial charge is 0.395 e. The first-order chi connectivity index (χ1) is 9.34. The molecule has 1 heteroatoms. The van der Waals surface area contributed by atoms with Crippen molar-refractivity contribution in [1.82, 2.24) is 0 Å². The zero-order valence-corrected chi connectivity index (χ0v) is 11.4. The van der Waals surface area contributed by atoms with Crippen molar-refractivity contribution in [1.29, 1.82) is 0 Å². The van der Waals surface area contributed by atoms with E-state index >= 15 is 0 Å². The van der Waals surface area contributed by atoms with Gasteiger partial charge in [-0.25, -0.2) is 0 Å². The lowest BCUT2D eigenvalue weighted by Gasteiger charge is -2.45. The van der Waals surface area contributed by atoms with Crippen LogP contribution in [0.25, 0.3) is 0 Å². The van der Waals surface area contributed by atoms with Crippen LogP contribution in [0.1, 0.15) is 38.5 Å². The van der Waals surface area contributed by atoms with E-state index in [1.165, 1.54) is 43.3 Å². The lowest BCUT2D eigenvalue weighted by molar-refractivity contribution is 0.161. The van der Waals surface area contributed by atoms with Crippen molar-refractivity contribution in [2.75, 3.05) is 6.61 Å². The molecule has 4 rings (SSSR count). The summed E-state index contributed by atoms with van der Waals surface area (Å²) in [7, 11) is 0. The van der Waals surface area contributed by atoms with Crippen LogP contribution in [0.4, 0.5) is 0 Å². The summed E-state index contributed by atoms with van der Waals surface area (Å²) in [5, 5.41) is 9.84. The molecule has 4 aliphatic rings. The van der Waals surface area contributed by atoms with Gasteiger partial charge in [-0.15, -0.1) is 0 Å². The van der Waals surface area contributed by atoms with Crippen molar-refractivity contribution in [2.24, 2.45) is 17.3 Å². The molecule has 0 heterocycles. The first-order valence-corrected chi connectivity index (χ1v) is 7.76. The molecule has 2 fully saturated rings. The van der Waals surface area contributed by atoms with Crippen LogP contribution in [0.3, 0.4) is 0 Å². The maximum absolute atomic E-state index is 9.84. The van der Waals surface area contributed by atoms with Crippen LogP contribution in [0.2, 0.25) is 0 Å². The van der Waals surface area contributed by atoms with E-state index in [4.69, 9.17) is 0 Å². The fraction of sp³-hybridized carbons (Fsp3) is 0.556. The topological polar surface area (TPSA) is 20.2 Å². The molecule has 100 valence electrons. The summed E-state index contributed by atoms with van der Waals surface area (Å²) in [5.74, 6) is 1.53. The van der Waals surface area contributed by atoms with Gasteiger partial charge >= 0.3 is 0 Å². The van der Waals surface area contributed by atoms with Gasteiger partial charge in [0.1, 0.15) is 0 Å². The van der Waals surface area contributed by atoms with Crippen LogP contribution in [0, 0.1) is 17.3 Å². The summed E-state index contributed by atoms with van der Waals surface area (Å²) in [4.78, 5) is 0. The third-order valence-corrected chi connectivity index (χ3v) is 5.78. The van der Waals surface area contributed by atoms with E-state index in [1.807, 2.05) is 0 Å². The van der Waals surface area contributed by atoms with Crippen LogP contribution in [0.15, 0.2) is 47.1 Å². The minimum Gasteiger partial charge on any atom is -0.395 e. The summed E-state index contributed by atoms with van der Waals surface area (Å²) in [6.45, 7) is 0.265. The summed E-state index contributed by atoms with van der Waals surface area (Å²) < 4.78 is 0. The van der Waals surface area contributed by atoms with Gasteiger partial charge in [-0.3, -0.25) is 0 Å². The second-order valence-electron chi connectivity index (χ2n) is 6.61. The molecule has 3 atom stereocenters. The van der Waals surface area contributed by atoms with Crippen molar-refractivity contribution in [2.45, 2.75) is 38.5 Å². The molecule has 0 aliphatic heterocycles. The van der Waals surface area contributed by atoms with Crippen molar-refractivity contribution in [3.05, 3.63) is 47.1 Å². The third-order valence-electron chi connectivity index (χ3n) is 5.78. The standard InChI is InChI=1S/C18H22O/c19-12-18-10-3-6-17(18)16-8-7-13-4-1-2-5-14(13)15(16)9-11-18/h3,6-8,10,14-15,19H,1-2,4-5,9,11-12H2/t14-,15+,18-/m0/s1. The molecular weight excluding hydrogens is 232 g/mol. The SMILES string of the molecule is OC[C@@]12C=CC=C1C1=CC=C3CCCC[C@@H]3[C@H]1CC2. The molecule has 0 aromatic heterocycles. The molecule has 0 radical (unpaired) electrons. The first-order valence-electron chi connectivity index (χ1n) is 7.76. The van der Waals surface area contributed by atoms with E-state index in [2.05, 4.69) is 30.4 Å². The smallest absolute Gasteiger partial charge is 0.0563 e. The van der Waals surface area contributed by atoms with Crippen LogP contribution in [-0.4, -0.2) is 11.7 Å². The van der Waals surface area contributed by atoms with Gasteiger partial charge in [0.05, 0.1) is 6.61 Å². The average Bonchev–Trinajstić information content (AvgIpc) is 2.91. The minimum atomic E-state index is -0.0532. The molecule has 0 saturated heterocycles. The number of allylic oxidation sites excluding steroid dienone is 6. The Morgan fingerprint density at radius 1 is 1.11 bits per heavy atom. The lowest BCUT2D eigenvalue weighted by atomic mass is 9.59. The van der Waals surface area contributed by atoms with Crippen LogP contribution >= 0.6 is 0 Å². The minimum absolute atomic E-state index is 0.0532. The summed E-state index contributed by atoms with van der Waals surface area (Å²) in [6, 6.07) is 0. The third kappa shape index (κ3) is 1.57. The molecule has 0 unspecified atom stereocenters. The zero-order valence-electron chi connectivity index (χ0n) is 11.4. The highest BCUT2D eigenvalue weighted by molar-refractivity contribution is 5.53. The van der Waals surface area contributed by atoms with Crippen molar-refractivity contribution < 1.29 is 5.11 Å². The molecule has 19 heavy (non-hydrogen) atoms. The number of fused-ring (bicyclic) bond motifs is 5. The van der Waals surface area contributed by atoms with Gasteiger partial charge in [0.25, 0.3) is 0 Å². The second kappa shape index (κ2) is 4.21. The summed E-state index contributed by atoms with van der Waals surface area (Å²) >= 11 is 0. The number of aliphatic hydroxyl groups is 1. The predicted molar refractivity (Wildman–Crippen MR) is 77.6 cm³/mol. The van der Waals surface area contributed by atoms with Gasteiger partial charge in [0.2, 0.25) is 0 Å². The molecular formula is C18H22O. The number of hydrogen-bond donors (Lipinski definition) is 1. The van der Waals surface area contributed by atoms with Gasteiger partial charge < -0.3 is 5.11 Å². The van der Waals surface area contributed by atoms with E-state index in [0.717, 1.165) is 18.3 Å². The van der Waals surface area contributed by atoms with E-state index in [0.29, 0.717) is 0 Å². The fourth-order valence-electron chi connectivity index (χ4n) is 4.73. The highest BCUT2D eigenvalue weighted by atomic mass is 16.3. The van der Waals surface area contributed by atoms with E-state index in [9.17, 15) is 5.11 Å². The fourth-order valence-corrected chi connectivity index (χ4v) is 4.73. The van der Waals surface area contributed by atoms with Gasteiger partial charge in [0.15, 0.2) is 0 Å². The predicted octanol–water partition coefficient (Wildman–Crippen LogP) is 3.93. The molecule has 2 saturated carbocycles. The highest BCUT2D eigenvalue weighted by Gasteiger charge is 2.45. The number of aliphatic hydroxyl groups excluding tert-OH is 1. The van der Waals surface area contributed by atoms with Crippen molar-refractivity contribution in [3.63, 3.8) is 0 Å². The maximum atomic E-state index is 9.84. The Morgan fingerprint density at radius 3 is 2.95 bits per heavy atom. The lowest BCUT2D eigenvalue weighted by Crippen LogP contribution is -2.36. The van der Waals surface area contributed by atoms with Crippen molar-refractivity contribution in [3.8, 4) is 0 Å². The Labute approximate surface area is 115 Å². The summed E-state index contributed by atoms with van der Waals surface area (Å²) in [6.07, 6.45) is 19.2. The van der Waals surface area contributed by atoms with E-state index < -0.39 is 0 Å². The molecule has 0 bridgehead atoms. The van der Waals surface area contributed by atoms with E-state index in [1.54, 1.807) is 5.57 Å². The molecule has 0 spiro atoms. The molecule has 1 N–H and O–H groups in total. The van der Waals surface area contributed by atoms with Crippen LogP contribution in [-0.2, 0) is 0 Å². The van der Waals surface area contributed by atoms with Crippen LogP contribution < -0.4 is 0 Å². The quantitative estimate of drug-likeness (QED) is 0.751. The second-order valence-corrected chi connectivity index (χ2v) is 6.61. The maximum Gasteiger partial charge on any atom is 0.0563 e. The monoisotopic (exact) mass is 254 g/mol. The number of rotatable bonds is 1. The van der Waals surface area contributed by atoms with Gasteiger partial charge in [0, 0.05) is 5.41 Å².